The van der Waals surface area contributed by atoms with Crippen LogP contribution in [0.15, 0.2) is 66.7 Å². The molecule has 0 unspecified atom stereocenters. The number of benzene rings is 3. The van der Waals surface area contributed by atoms with Crippen LogP contribution in [0.25, 0.3) is 0 Å². The van der Waals surface area contributed by atoms with Gasteiger partial charge in [0.25, 0.3) is 5.91 Å². The molecule has 0 heterocycles. The van der Waals surface area contributed by atoms with Crippen LogP contribution >= 0.6 is 0 Å². The quantitative estimate of drug-likeness (QED) is 0.543. The van der Waals surface area contributed by atoms with Gasteiger partial charge in [-0.15, -0.1) is 0 Å². The Labute approximate surface area is 187 Å². The molecule has 7 nitrogen and oxygen atoms in total. The summed E-state index contributed by atoms with van der Waals surface area (Å²) >= 11 is 0. The first-order chi connectivity index (χ1) is 15.4. The minimum absolute atomic E-state index is 0.0837. The first kappa shape index (κ1) is 22.7. The average molecular weight is 434 g/mol. The third kappa shape index (κ3) is 5.37. The molecule has 2 N–H and O–H groups in total. The van der Waals surface area contributed by atoms with Gasteiger partial charge in [-0.3, -0.25) is 9.59 Å². The summed E-state index contributed by atoms with van der Waals surface area (Å²) in [7, 11) is 3.17. The van der Waals surface area contributed by atoms with Crippen molar-refractivity contribution in [2.24, 2.45) is 5.73 Å². The molecule has 0 atom stereocenters. The van der Waals surface area contributed by atoms with Crippen LogP contribution in [-0.2, 0) is 6.54 Å². The number of carbonyl (C=O) groups is 2. The lowest BCUT2D eigenvalue weighted by Gasteiger charge is -2.22. The fraction of sp³-hybridized carbons (Fsp3) is 0.200. The summed E-state index contributed by atoms with van der Waals surface area (Å²) in [6.45, 7) is 2.93. The largest absolute Gasteiger partial charge is 0.493 e. The van der Waals surface area contributed by atoms with Crippen molar-refractivity contribution < 1.29 is 23.8 Å². The van der Waals surface area contributed by atoms with Gasteiger partial charge >= 0.3 is 0 Å². The number of rotatable bonds is 9. The Balaban J connectivity index is 1.68. The lowest BCUT2D eigenvalue weighted by molar-refractivity contribution is 0.0752. The van der Waals surface area contributed by atoms with Gasteiger partial charge in [0.2, 0.25) is 5.91 Å². The molecule has 3 aromatic rings. The van der Waals surface area contributed by atoms with Crippen molar-refractivity contribution in [1.82, 2.24) is 4.90 Å². The summed E-state index contributed by atoms with van der Waals surface area (Å²) in [6, 6.07) is 19.1. The number of nitrogens with two attached hydrogens (primary N) is 1. The van der Waals surface area contributed by atoms with Gasteiger partial charge in [-0.2, -0.15) is 0 Å². The minimum Gasteiger partial charge on any atom is -0.493 e. The first-order valence-corrected chi connectivity index (χ1v) is 10.1. The molecule has 0 aliphatic heterocycles. The highest BCUT2D eigenvalue weighted by Gasteiger charge is 2.16. The number of hydrogen-bond acceptors (Lipinski definition) is 5. The maximum Gasteiger partial charge on any atom is 0.254 e. The maximum atomic E-state index is 13.0. The smallest absolute Gasteiger partial charge is 0.254 e. The number of nitrogens with zero attached hydrogens (tertiary/aromatic N) is 1. The zero-order valence-electron chi connectivity index (χ0n) is 18.3. The molecule has 7 heteroatoms. The van der Waals surface area contributed by atoms with Gasteiger partial charge in [-0.05, 0) is 73.2 Å². The second kappa shape index (κ2) is 10.3. The Bertz CT molecular complexity index is 1080. The fourth-order valence-electron chi connectivity index (χ4n) is 3.20. The summed E-state index contributed by atoms with van der Waals surface area (Å²) in [5.74, 6) is 1.84. The van der Waals surface area contributed by atoms with Crippen molar-refractivity contribution >= 4 is 11.8 Å². The highest BCUT2D eigenvalue weighted by atomic mass is 16.5. The van der Waals surface area contributed by atoms with E-state index in [1.54, 1.807) is 67.7 Å². The molecule has 0 fully saturated rings. The number of ether oxygens (including phenoxy) is 3. The molecule has 32 heavy (non-hydrogen) atoms. The van der Waals surface area contributed by atoms with Gasteiger partial charge in [0.05, 0.1) is 14.2 Å². The molecule has 3 aromatic carbocycles. The molecule has 0 saturated carbocycles. The Hall–Kier alpha value is -4.00. The third-order valence-electron chi connectivity index (χ3n) is 4.97. The van der Waals surface area contributed by atoms with E-state index in [2.05, 4.69) is 0 Å². The summed E-state index contributed by atoms with van der Waals surface area (Å²) in [5.41, 5.74) is 7.16. The molecular weight excluding hydrogens is 408 g/mol. The van der Waals surface area contributed by atoms with Crippen LogP contribution < -0.4 is 19.9 Å². The Kier molecular flexibility index (Phi) is 7.33. The Morgan fingerprint density at radius 1 is 0.812 bits per heavy atom. The van der Waals surface area contributed by atoms with Gasteiger partial charge in [0.15, 0.2) is 11.5 Å². The zero-order valence-corrected chi connectivity index (χ0v) is 18.3. The molecule has 0 bridgehead atoms. The van der Waals surface area contributed by atoms with E-state index in [0.717, 1.165) is 5.56 Å². The lowest BCUT2D eigenvalue weighted by atomic mass is 10.1. The predicted octanol–water partition coefficient (Wildman–Crippen LogP) is 4.26. The molecule has 2 amide bonds. The number of methoxy groups -OCH3 is 2. The van der Waals surface area contributed by atoms with E-state index in [4.69, 9.17) is 19.9 Å². The van der Waals surface area contributed by atoms with Crippen molar-refractivity contribution in [2.45, 2.75) is 13.5 Å². The van der Waals surface area contributed by atoms with Crippen LogP contribution in [-0.4, -0.2) is 37.5 Å². The second-order valence-corrected chi connectivity index (χ2v) is 7.02. The van der Waals surface area contributed by atoms with Crippen molar-refractivity contribution in [1.29, 1.82) is 0 Å². The van der Waals surface area contributed by atoms with Crippen LogP contribution in [0.3, 0.4) is 0 Å². The van der Waals surface area contributed by atoms with Crippen LogP contribution in [0.2, 0.25) is 0 Å². The molecule has 0 aliphatic carbocycles. The number of hydrogen-bond donors (Lipinski definition) is 1. The molecular formula is C25H26N2O5. The summed E-state index contributed by atoms with van der Waals surface area (Å²) in [5, 5.41) is 0. The van der Waals surface area contributed by atoms with Crippen LogP contribution in [0.1, 0.15) is 33.2 Å². The second-order valence-electron chi connectivity index (χ2n) is 7.02. The summed E-state index contributed by atoms with van der Waals surface area (Å²) in [4.78, 5) is 25.9. The number of amides is 2. The molecule has 166 valence electrons. The van der Waals surface area contributed by atoms with E-state index in [0.29, 0.717) is 47.2 Å². The van der Waals surface area contributed by atoms with Crippen LogP contribution in [0.4, 0.5) is 0 Å². The number of primary amides is 1. The monoisotopic (exact) mass is 434 g/mol. The van der Waals surface area contributed by atoms with Crippen LogP contribution in [0.5, 0.6) is 23.0 Å². The Morgan fingerprint density at radius 2 is 1.38 bits per heavy atom. The van der Waals surface area contributed by atoms with Gasteiger partial charge in [-0.25, -0.2) is 0 Å². The molecule has 3 rings (SSSR count). The van der Waals surface area contributed by atoms with Crippen molar-refractivity contribution in [3.05, 3.63) is 83.4 Å². The summed E-state index contributed by atoms with van der Waals surface area (Å²) < 4.78 is 16.4. The zero-order chi connectivity index (χ0) is 23.1. The minimum atomic E-state index is -0.493. The van der Waals surface area contributed by atoms with Crippen molar-refractivity contribution in [2.75, 3.05) is 20.8 Å². The molecule has 0 aromatic heterocycles. The molecule has 0 saturated heterocycles. The van der Waals surface area contributed by atoms with Gasteiger partial charge in [0.1, 0.15) is 11.5 Å². The van der Waals surface area contributed by atoms with E-state index in [1.807, 2.05) is 25.1 Å². The fourth-order valence-corrected chi connectivity index (χ4v) is 3.20. The third-order valence-corrected chi connectivity index (χ3v) is 4.97. The predicted molar refractivity (Wildman–Crippen MR) is 121 cm³/mol. The van der Waals surface area contributed by atoms with Gasteiger partial charge in [-0.1, -0.05) is 6.07 Å². The molecule has 0 spiro atoms. The first-order valence-electron chi connectivity index (χ1n) is 10.1. The Morgan fingerprint density at radius 3 is 1.88 bits per heavy atom. The SMILES string of the molecule is CCN(Cc1ccc(OC)c(OC)c1)C(=O)c1ccc(Oc2ccc(C(N)=O)cc2)cc1. The van der Waals surface area contributed by atoms with Crippen molar-refractivity contribution in [3.63, 3.8) is 0 Å². The molecule has 0 aliphatic rings. The molecule has 0 radical (unpaired) electrons. The van der Waals surface area contributed by atoms with Crippen LogP contribution in [0, 0.1) is 0 Å². The van der Waals surface area contributed by atoms with E-state index in [1.165, 1.54) is 0 Å². The summed E-state index contributed by atoms with van der Waals surface area (Å²) in [6.07, 6.45) is 0. The normalized spacial score (nSPS) is 10.3. The van der Waals surface area contributed by atoms with E-state index in [-0.39, 0.29) is 5.91 Å². The number of carbonyl (C=O) groups excluding carboxylic acids is 2. The average Bonchev–Trinajstić information content (AvgIpc) is 2.82. The van der Waals surface area contributed by atoms with E-state index >= 15 is 0 Å². The topological polar surface area (TPSA) is 91.1 Å². The highest BCUT2D eigenvalue weighted by molar-refractivity contribution is 5.94. The highest BCUT2D eigenvalue weighted by Crippen LogP contribution is 2.28. The van der Waals surface area contributed by atoms with Gasteiger partial charge < -0.3 is 24.8 Å². The standard InChI is InChI=1S/C25H26N2O5/c1-4-27(16-17-5-14-22(30-2)23(15-17)31-3)25(29)19-8-12-21(13-9-19)32-20-10-6-18(7-11-20)24(26)28/h5-15H,4,16H2,1-3H3,(H2,26,28). The van der Waals surface area contributed by atoms with Gasteiger partial charge in [0, 0.05) is 24.2 Å². The van der Waals surface area contributed by atoms with Crippen molar-refractivity contribution in [3.8, 4) is 23.0 Å². The van der Waals surface area contributed by atoms with E-state index in [9.17, 15) is 9.59 Å². The van der Waals surface area contributed by atoms with E-state index < -0.39 is 5.91 Å². The lowest BCUT2D eigenvalue weighted by Crippen LogP contribution is -2.30. The maximum absolute atomic E-state index is 13.0.